The van der Waals surface area contributed by atoms with Gasteiger partial charge in [0, 0.05) is 4.47 Å². The van der Waals surface area contributed by atoms with Gasteiger partial charge in [-0.1, -0.05) is 34.8 Å². The molecule has 14 heavy (non-hydrogen) atoms. The lowest BCUT2D eigenvalue weighted by Gasteiger charge is -2.24. The van der Waals surface area contributed by atoms with Gasteiger partial charge in [-0.25, -0.2) is 0 Å². The molecule has 1 aliphatic carbocycles. The maximum Gasteiger partial charge on any atom is 0.116 e. The van der Waals surface area contributed by atoms with Gasteiger partial charge >= 0.3 is 0 Å². The Bertz CT molecular complexity index is 343. The van der Waals surface area contributed by atoms with Gasteiger partial charge in [-0.3, -0.25) is 0 Å². The van der Waals surface area contributed by atoms with E-state index in [4.69, 9.17) is 0 Å². The van der Waals surface area contributed by atoms with Crippen molar-refractivity contribution in [3.8, 4) is 5.75 Å². The molecule has 0 heterocycles. The van der Waals surface area contributed by atoms with Gasteiger partial charge in [0.1, 0.15) is 5.75 Å². The average molecular weight is 257 g/mol. The summed E-state index contributed by atoms with van der Waals surface area (Å²) in [6.07, 6.45) is 3.78. The van der Waals surface area contributed by atoms with Crippen molar-refractivity contribution in [2.75, 3.05) is 0 Å². The van der Waals surface area contributed by atoms with Crippen LogP contribution < -0.4 is 0 Å². The van der Waals surface area contributed by atoms with Gasteiger partial charge in [-0.05, 0) is 30.5 Å². The molecule has 0 atom stereocenters. The van der Waals surface area contributed by atoms with Crippen LogP contribution in [0.25, 0.3) is 0 Å². The summed E-state index contributed by atoms with van der Waals surface area (Å²) in [5, 5.41) is 19.6. The lowest BCUT2D eigenvalue weighted by molar-refractivity contribution is 0.0437. The second-order valence-corrected chi connectivity index (χ2v) is 4.76. The van der Waals surface area contributed by atoms with E-state index in [1.807, 2.05) is 0 Å². The molecule has 1 aromatic carbocycles. The Labute approximate surface area is 91.7 Å². The molecule has 3 heteroatoms. The molecule has 0 saturated heterocycles. The fourth-order valence-corrected chi connectivity index (χ4v) is 2.85. The molecule has 1 fully saturated rings. The van der Waals surface area contributed by atoms with Crippen molar-refractivity contribution in [2.45, 2.75) is 31.3 Å². The smallest absolute Gasteiger partial charge is 0.116 e. The topological polar surface area (TPSA) is 40.5 Å². The molecule has 0 unspecified atom stereocenters. The molecule has 0 aromatic heterocycles. The van der Waals surface area contributed by atoms with Crippen molar-refractivity contribution < 1.29 is 10.2 Å². The van der Waals surface area contributed by atoms with Gasteiger partial charge in [0.2, 0.25) is 0 Å². The van der Waals surface area contributed by atoms with E-state index in [2.05, 4.69) is 15.9 Å². The summed E-state index contributed by atoms with van der Waals surface area (Å²) in [5.41, 5.74) is 0.208. The van der Waals surface area contributed by atoms with Crippen LogP contribution in [0.4, 0.5) is 0 Å². The third kappa shape index (κ3) is 1.66. The summed E-state index contributed by atoms with van der Waals surface area (Å²) in [5.74, 6) is 0.224. The molecule has 0 spiro atoms. The van der Waals surface area contributed by atoms with E-state index in [1.54, 1.807) is 18.2 Å². The molecular formula is C11H13BrO2. The number of benzene rings is 1. The third-order valence-corrected chi connectivity index (χ3v) is 3.54. The first-order valence-electron chi connectivity index (χ1n) is 4.83. The zero-order chi connectivity index (χ0) is 10.2. The van der Waals surface area contributed by atoms with Crippen LogP contribution in [0.1, 0.15) is 31.2 Å². The highest BCUT2D eigenvalue weighted by Crippen LogP contribution is 2.42. The summed E-state index contributed by atoms with van der Waals surface area (Å²) >= 11 is 3.37. The molecule has 2 nitrogen and oxygen atoms in total. The fraction of sp³-hybridized carbons (Fsp3) is 0.455. The zero-order valence-corrected chi connectivity index (χ0v) is 9.42. The van der Waals surface area contributed by atoms with E-state index >= 15 is 0 Å². The van der Waals surface area contributed by atoms with E-state index in [1.165, 1.54) is 0 Å². The minimum absolute atomic E-state index is 0.224. The predicted molar refractivity (Wildman–Crippen MR) is 58.2 cm³/mol. The van der Waals surface area contributed by atoms with Crippen LogP contribution >= 0.6 is 15.9 Å². The monoisotopic (exact) mass is 256 g/mol. The highest BCUT2D eigenvalue weighted by molar-refractivity contribution is 9.10. The van der Waals surface area contributed by atoms with Crippen molar-refractivity contribution >= 4 is 15.9 Å². The molecule has 76 valence electrons. The van der Waals surface area contributed by atoms with E-state index < -0.39 is 5.60 Å². The molecule has 0 radical (unpaired) electrons. The van der Waals surface area contributed by atoms with Gasteiger partial charge in [0.25, 0.3) is 0 Å². The van der Waals surface area contributed by atoms with Crippen molar-refractivity contribution in [1.82, 2.24) is 0 Å². The Morgan fingerprint density at radius 1 is 1.21 bits per heavy atom. The number of aromatic hydroxyl groups is 1. The van der Waals surface area contributed by atoms with Crippen molar-refractivity contribution in [1.29, 1.82) is 0 Å². The average Bonchev–Trinajstić information content (AvgIpc) is 2.52. The highest BCUT2D eigenvalue weighted by Gasteiger charge is 2.34. The lowest BCUT2D eigenvalue weighted by Crippen LogP contribution is -2.21. The number of aliphatic hydroxyl groups is 1. The van der Waals surface area contributed by atoms with Crippen LogP contribution in [0.2, 0.25) is 0 Å². The number of hydrogen-bond acceptors (Lipinski definition) is 2. The number of rotatable bonds is 1. The number of phenols is 1. The molecule has 0 bridgehead atoms. The largest absolute Gasteiger partial charge is 0.508 e. The Balaban J connectivity index is 2.40. The maximum atomic E-state index is 10.3. The fourth-order valence-electron chi connectivity index (χ4n) is 2.11. The standard InChI is InChI=1S/C11H13BrO2/c12-10-7-8(13)3-4-9(10)11(14)5-1-2-6-11/h3-4,7,13-14H,1-2,5-6H2. The van der Waals surface area contributed by atoms with Gasteiger partial charge in [-0.15, -0.1) is 0 Å². The van der Waals surface area contributed by atoms with E-state index in [-0.39, 0.29) is 5.75 Å². The van der Waals surface area contributed by atoms with Crippen molar-refractivity contribution in [3.63, 3.8) is 0 Å². The van der Waals surface area contributed by atoms with Crippen LogP contribution in [-0.2, 0) is 5.60 Å². The highest BCUT2D eigenvalue weighted by atomic mass is 79.9. The summed E-state index contributed by atoms with van der Waals surface area (Å²) in [6, 6.07) is 5.05. The minimum atomic E-state index is -0.688. The van der Waals surface area contributed by atoms with Gasteiger partial charge in [-0.2, -0.15) is 0 Å². The first kappa shape index (κ1) is 9.99. The van der Waals surface area contributed by atoms with Crippen LogP contribution in [0.15, 0.2) is 22.7 Å². The Kier molecular flexibility index (Phi) is 2.54. The first-order valence-corrected chi connectivity index (χ1v) is 5.62. The minimum Gasteiger partial charge on any atom is -0.508 e. The van der Waals surface area contributed by atoms with Gasteiger partial charge in [0.05, 0.1) is 5.60 Å². The number of halogens is 1. The Hall–Kier alpha value is -0.540. The molecule has 2 N–H and O–H groups in total. The molecule has 1 aliphatic rings. The second kappa shape index (κ2) is 3.55. The maximum absolute atomic E-state index is 10.3. The quantitative estimate of drug-likeness (QED) is 0.812. The molecule has 1 saturated carbocycles. The summed E-state index contributed by atoms with van der Waals surface area (Å²) in [4.78, 5) is 0. The first-order chi connectivity index (χ1) is 6.62. The summed E-state index contributed by atoms with van der Waals surface area (Å²) in [6.45, 7) is 0. The number of hydrogen-bond donors (Lipinski definition) is 2. The zero-order valence-electron chi connectivity index (χ0n) is 7.83. The summed E-state index contributed by atoms with van der Waals surface area (Å²) in [7, 11) is 0. The van der Waals surface area contributed by atoms with Crippen LogP contribution in [0.3, 0.4) is 0 Å². The Morgan fingerprint density at radius 3 is 2.43 bits per heavy atom. The predicted octanol–water partition coefficient (Wildman–Crippen LogP) is 2.92. The van der Waals surface area contributed by atoms with E-state index in [0.717, 1.165) is 35.7 Å². The molecule has 1 aromatic rings. The Morgan fingerprint density at radius 2 is 1.86 bits per heavy atom. The van der Waals surface area contributed by atoms with Crippen molar-refractivity contribution in [3.05, 3.63) is 28.2 Å². The van der Waals surface area contributed by atoms with E-state index in [0.29, 0.717) is 0 Å². The second-order valence-electron chi connectivity index (χ2n) is 3.90. The molecule has 0 aliphatic heterocycles. The SMILES string of the molecule is Oc1ccc(C2(O)CCCC2)c(Br)c1. The normalized spacial score (nSPS) is 19.9. The summed E-state index contributed by atoms with van der Waals surface area (Å²) < 4.78 is 0.793. The molecule has 0 amide bonds. The lowest BCUT2D eigenvalue weighted by atomic mass is 9.92. The third-order valence-electron chi connectivity index (χ3n) is 2.88. The van der Waals surface area contributed by atoms with Gasteiger partial charge in [0.15, 0.2) is 0 Å². The molecule has 2 rings (SSSR count). The van der Waals surface area contributed by atoms with E-state index in [9.17, 15) is 10.2 Å². The number of phenolic OH excluding ortho intramolecular Hbond substituents is 1. The van der Waals surface area contributed by atoms with Crippen LogP contribution in [-0.4, -0.2) is 10.2 Å². The molecular weight excluding hydrogens is 244 g/mol. The van der Waals surface area contributed by atoms with Crippen LogP contribution in [0.5, 0.6) is 5.75 Å². The van der Waals surface area contributed by atoms with Crippen molar-refractivity contribution in [2.24, 2.45) is 0 Å². The van der Waals surface area contributed by atoms with Crippen LogP contribution in [0, 0.1) is 0 Å². The van der Waals surface area contributed by atoms with Gasteiger partial charge < -0.3 is 10.2 Å².